The van der Waals surface area contributed by atoms with E-state index in [1.165, 1.54) is 6.08 Å². The van der Waals surface area contributed by atoms with Crippen LogP contribution in [0.2, 0.25) is 0 Å². The topological polar surface area (TPSA) is 118 Å². The maximum atomic E-state index is 13.4. The van der Waals surface area contributed by atoms with Crippen molar-refractivity contribution in [2.75, 3.05) is 62.9 Å². The number of nitrogen functional groups attached to an aromatic ring is 1. The Morgan fingerprint density at radius 1 is 1.03 bits per heavy atom. The van der Waals surface area contributed by atoms with Crippen LogP contribution in [0.4, 0.5) is 17.1 Å². The summed E-state index contributed by atoms with van der Waals surface area (Å²) in [4.78, 5) is 28.0. The number of anilines is 3. The number of benzene rings is 3. The third-order valence-electron chi connectivity index (χ3n) is 6.40. The van der Waals surface area contributed by atoms with Gasteiger partial charge in [-0.15, -0.1) is 0 Å². The van der Waals surface area contributed by atoms with Gasteiger partial charge in [-0.05, 0) is 41.5 Å². The normalized spacial score (nSPS) is 14.6. The van der Waals surface area contributed by atoms with Crippen LogP contribution in [-0.2, 0) is 14.3 Å². The molecule has 0 aliphatic carbocycles. The Balaban J connectivity index is 1.42. The molecular formula is C30H35N5O4. The fraction of sp³-hybridized carbons (Fsp3) is 0.267. The average molecular weight is 530 g/mol. The van der Waals surface area contributed by atoms with Crippen molar-refractivity contribution in [3.8, 4) is 5.75 Å². The lowest BCUT2D eigenvalue weighted by Gasteiger charge is -2.27. The van der Waals surface area contributed by atoms with Gasteiger partial charge in [-0.2, -0.15) is 0 Å². The molecule has 4 rings (SSSR count). The van der Waals surface area contributed by atoms with Crippen LogP contribution in [0.15, 0.2) is 78.9 Å². The molecule has 0 bridgehead atoms. The first-order chi connectivity index (χ1) is 19.0. The number of carbonyl (C=O) groups excluding carboxylic acids is 2. The number of hydrogen-bond acceptors (Lipinski definition) is 7. The average Bonchev–Trinajstić information content (AvgIpc) is 2.96. The van der Waals surface area contributed by atoms with Gasteiger partial charge in [-0.1, -0.05) is 42.5 Å². The highest BCUT2D eigenvalue weighted by molar-refractivity contribution is 6.03. The first kappa shape index (κ1) is 27.8. The molecule has 1 saturated heterocycles. The zero-order chi connectivity index (χ0) is 27.5. The molecule has 1 heterocycles. The van der Waals surface area contributed by atoms with Crippen molar-refractivity contribution < 1.29 is 19.1 Å². The van der Waals surface area contributed by atoms with Gasteiger partial charge in [0, 0.05) is 44.0 Å². The second kappa shape index (κ2) is 14.1. The first-order valence-electron chi connectivity index (χ1n) is 12.9. The second-order valence-electron chi connectivity index (χ2n) is 9.14. The van der Waals surface area contributed by atoms with Crippen LogP contribution in [0.1, 0.15) is 17.2 Å². The van der Waals surface area contributed by atoms with Crippen LogP contribution in [0.25, 0.3) is 6.08 Å². The molecule has 39 heavy (non-hydrogen) atoms. The van der Waals surface area contributed by atoms with E-state index in [2.05, 4.69) is 20.9 Å². The standard InChI is InChI=1S/C30H35N5O4/c1-38-25-6-4-5-24(21-25)33-30(37)29(32-15-16-35-17-19-39-20-18-35)23-12-9-22(10-13-23)11-14-28(36)34-27-8-3-2-7-26(27)31/h2-14,21,29,32H,15-20,31H2,1H3,(H,33,37)(H,34,36)/b14-11+. The molecule has 1 aliphatic rings. The van der Waals surface area contributed by atoms with E-state index in [1.54, 1.807) is 31.4 Å². The van der Waals surface area contributed by atoms with Crippen LogP contribution < -0.4 is 26.4 Å². The Labute approximate surface area is 229 Å². The summed E-state index contributed by atoms with van der Waals surface area (Å²) in [5, 5.41) is 9.18. The predicted molar refractivity (Wildman–Crippen MR) is 155 cm³/mol. The van der Waals surface area contributed by atoms with Crippen molar-refractivity contribution in [1.29, 1.82) is 0 Å². The molecule has 1 aliphatic heterocycles. The zero-order valence-corrected chi connectivity index (χ0v) is 22.1. The third kappa shape index (κ3) is 8.41. The van der Waals surface area contributed by atoms with Crippen LogP contribution in [-0.4, -0.2) is 63.2 Å². The molecule has 1 unspecified atom stereocenters. The van der Waals surface area contributed by atoms with Gasteiger partial charge in [-0.3, -0.25) is 14.5 Å². The van der Waals surface area contributed by atoms with Crippen LogP contribution in [0, 0.1) is 0 Å². The molecular weight excluding hydrogens is 494 g/mol. The Kier molecular flexibility index (Phi) is 10.1. The summed E-state index contributed by atoms with van der Waals surface area (Å²) in [6.45, 7) is 4.67. The van der Waals surface area contributed by atoms with Crippen molar-refractivity contribution in [2.45, 2.75) is 6.04 Å². The van der Waals surface area contributed by atoms with E-state index in [0.717, 1.165) is 44.0 Å². The summed E-state index contributed by atoms with van der Waals surface area (Å²) in [5.74, 6) is 0.213. The Hall–Kier alpha value is -4.18. The summed E-state index contributed by atoms with van der Waals surface area (Å²) in [5.41, 5.74) is 9.26. The number of carbonyl (C=O) groups is 2. The highest BCUT2D eigenvalue weighted by atomic mass is 16.5. The third-order valence-corrected chi connectivity index (χ3v) is 6.40. The first-order valence-corrected chi connectivity index (χ1v) is 12.9. The number of morpholine rings is 1. The number of rotatable bonds is 11. The fourth-order valence-electron chi connectivity index (χ4n) is 4.23. The number of nitrogens with one attached hydrogen (secondary N) is 3. The number of nitrogens with zero attached hydrogens (tertiary/aromatic N) is 1. The lowest BCUT2D eigenvalue weighted by atomic mass is 10.0. The van der Waals surface area contributed by atoms with Gasteiger partial charge in [0.05, 0.1) is 31.7 Å². The molecule has 0 aromatic heterocycles. The molecule has 9 heteroatoms. The summed E-state index contributed by atoms with van der Waals surface area (Å²) in [6.07, 6.45) is 3.17. The van der Waals surface area contributed by atoms with Crippen LogP contribution in [0.5, 0.6) is 5.75 Å². The highest BCUT2D eigenvalue weighted by Gasteiger charge is 2.21. The second-order valence-corrected chi connectivity index (χ2v) is 9.14. The molecule has 5 N–H and O–H groups in total. The van der Waals surface area contributed by atoms with E-state index < -0.39 is 6.04 Å². The number of ether oxygens (including phenoxy) is 2. The Morgan fingerprint density at radius 2 is 1.79 bits per heavy atom. The van der Waals surface area contributed by atoms with Gasteiger partial charge < -0.3 is 31.2 Å². The monoisotopic (exact) mass is 529 g/mol. The van der Waals surface area contributed by atoms with Crippen molar-refractivity contribution in [3.05, 3.63) is 90.0 Å². The number of para-hydroxylation sites is 2. The molecule has 1 atom stereocenters. The van der Waals surface area contributed by atoms with Crippen molar-refractivity contribution in [2.24, 2.45) is 0 Å². The van der Waals surface area contributed by atoms with Gasteiger partial charge in [0.1, 0.15) is 11.8 Å². The number of amides is 2. The largest absolute Gasteiger partial charge is 0.497 e. The maximum Gasteiger partial charge on any atom is 0.248 e. The minimum atomic E-state index is -0.570. The lowest BCUT2D eigenvalue weighted by molar-refractivity contribution is -0.118. The zero-order valence-electron chi connectivity index (χ0n) is 22.1. The minimum absolute atomic E-state index is 0.173. The van der Waals surface area contributed by atoms with Crippen molar-refractivity contribution in [3.63, 3.8) is 0 Å². The maximum absolute atomic E-state index is 13.4. The van der Waals surface area contributed by atoms with Crippen molar-refractivity contribution in [1.82, 2.24) is 10.2 Å². The van der Waals surface area contributed by atoms with E-state index in [1.807, 2.05) is 54.6 Å². The summed E-state index contributed by atoms with van der Waals surface area (Å²) in [6, 6.07) is 21.3. The molecule has 0 saturated carbocycles. The number of methoxy groups -OCH3 is 1. The number of hydrogen-bond donors (Lipinski definition) is 4. The number of nitrogens with two attached hydrogens (primary N) is 1. The SMILES string of the molecule is COc1cccc(NC(=O)C(NCCN2CCOCC2)c2ccc(/C=C/C(=O)Nc3ccccc3N)cc2)c1. The summed E-state index contributed by atoms with van der Waals surface area (Å²) in [7, 11) is 1.59. The van der Waals surface area contributed by atoms with E-state index in [4.69, 9.17) is 15.2 Å². The van der Waals surface area contributed by atoms with Gasteiger partial charge in [0.2, 0.25) is 11.8 Å². The molecule has 3 aromatic carbocycles. The fourth-order valence-corrected chi connectivity index (χ4v) is 4.23. The van der Waals surface area contributed by atoms with Gasteiger partial charge in [0.25, 0.3) is 0 Å². The van der Waals surface area contributed by atoms with Crippen molar-refractivity contribution >= 4 is 35.0 Å². The van der Waals surface area contributed by atoms with Gasteiger partial charge in [-0.25, -0.2) is 0 Å². The molecule has 1 fully saturated rings. The van der Waals surface area contributed by atoms with E-state index in [-0.39, 0.29) is 11.8 Å². The Morgan fingerprint density at radius 3 is 2.54 bits per heavy atom. The molecule has 3 aromatic rings. The molecule has 9 nitrogen and oxygen atoms in total. The highest BCUT2D eigenvalue weighted by Crippen LogP contribution is 2.21. The van der Waals surface area contributed by atoms with Gasteiger partial charge >= 0.3 is 0 Å². The Bertz CT molecular complexity index is 1270. The summed E-state index contributed by atoms with van der Waals surface area (Å²) < 4.78 is 10.7. The van der Waals surface area contributed by atoms with E-state index in [9.17, 15) is 9.59 Å². The van der Waals surface area contributed by atoms with Crippen LogP contribution >= 0.6 is 0 Å². The van der Waals surface area contributed by atoms with E-state index >= 15 is 0 Å². The minimum Gasteiger partial charge on any atom is -0.497 e. The van der Waals surface area contributed by atoms with E-state index in [0.29, 0.717) is 29.4 Å². The quantitative estimate of drug-likeness (QED) is 0.222. The van der Waals surface area contributed by atoms with Crippen LogP contribution in [0.3, 0.4) is 0 Å². The molecule has 0 spiro atoms. The molecule has 2 amide bonds. The predicted octanol–water partition coefficient (Wildman–Crippen LogP) is 3.53. The van der Waals surface area contributed by atoms with Gasteiger partial charge in [0.15, 0.2) is 0 Å². The summed E-state index contributed by atoms with van der Waals surface area (Å²) >= 11 is 0. The molecule has 0 radical (unpaired) electrons. The molecule has 204 valence electrons. The smallest absolute Gasteiger partial charge is 0.248 e. The lowest BCUT2D eigenvalue weighted by Crippen LogP contribution is -2.42.